The summed E-state index contributed by atoms with van der Waals surface area (Å²) in [7, 11) is 0. The maximum atomic E-state index is 11.1. The van der Waals surface area contributed by atoms with Crippen LogP contribution in [0.1, 0.15) is 19.3 Å². The fourth-order valence-electron chi connectivity index (χ4n) is 1.45. The van der Waals surface area contributed by atoms with E-state index >= 15 is 0 Å². The molecule has 1 heterocycles. The van der Waals surface area contributed by atoms with Crippen molar-refractivity contribution in [2.24, 2.45) is 5.92 Å². The minimum Gasteiger partial charge on any atom is -0.316 e. The molecule has 0 spiro atoms. The van der Waals surface area contributed by atoms with Gasteiger partial charge in [-0.1, -0.05) is 6.08 Å². The number of Topliss-reactive ketones (excluding diaryl/α,β-unsaturated/α-hetero) is 1. The number of rotatable bonds is 4. The van der Waals surface area contributed by atoms with E-state index in [4.69, 9.17) is 0 Å². The summed E-state index contributed by atoms with van der Waals surface area (Å²) in [6, 6.07) is 0. The Morgan fingerprint density at radius 1 is 1.73 bits per heavy atom. The number of carbonyl (C=O) groups excluding carboxylic acids is 1. The van der Waals surface area contributed by atoms with Gasteiger partial charge >= 0.3 is 0 Å². The lowest BCUT2D eigenvalue weighted by atomic mass is 10.0. The van der Waals surface area contributed by atoms with Gasteiger partial charge in [0.1, 0.15) is 5.78 Å². The number of carbonyl (C=O) groups is 1. The monoisotopic (exact) mass is 153 g/mol. The summed E-state index contributed by atoms with van der Waals surface area (Å²) in [5.74, 6) is 0.913. The molecule has 0 radical (unpaired) electrons. The summed E-state index contributed by atoms with van der Waals surface area (Å²) in [5, 5.41) is 3.24. The molecule has 1 aliphatic heterocycles. The van der Waals surface area contributed by atoms with Gasteiger partial charge in [0, 0.05) is 12.8 Å². The molecule has 1 fully saturated rings. The quantitative estimate of drug-likeness (QED) is 0.613. The predicted octanol–water partition coefficient (Wildman–Crippen LogP) is 1.13. The highest BCUT2D eigenvalue weighted by Gasteiger charge is 2.16. The summed E-state index contributed by atoms with van der Waals surface area (Å²) in [6.45, 7) is 5.63. The molecular formula is C9H15NO. The highest BCUT2D eigenvalue weighted by Crippen LogP contribution is 2.13. The third-order valence-electron chi connectivity index (χ3n) is 2.05. The van der Waals surface area contributed by atoms with Crippen LogP contribution in [0.3, 0.4) is 0 Å². The van der Waals surface area contributed by atoms with Gasteiger partial charge in [0.05, 0.1) is 0 Å². The van der Waals surface area contributed by atoms with Crippen LogP contribution in [-0.2, 0) is 4.79 Å². The van der Waals surface area contributed by atoms with E-state index in [-0.39, 0.29) is 0 Å². The maximum Gasteiger partial charge on any atom is 0.136 e. The lowest BCUT2D eigenvalue weighted by molar-refractivity contribution is -0.119. The number of nitrogens with one attached hydrogen (secondary N) is 1. The van der Waals surface area contributed by atoms with Crippen LogP contribution in [0.5, 0.6) is 0 Å². The first kappa shape index (κ1) is 8.47. The molecular weight excluding hydrogens is 138 g/mol. The van der Waals surface area contributed by atoms with E-state index in [1.807, 2.05) is 0 Å². The molecule has 1 unspecified atom stereocenters. The zero-order chi connectivity index (χ0) is 8.10. The lowest BCUT2D eigenvalue weighted by Crippen LogP contribution is -2.12. The van der Waals surface area contributed by atoms with Gasteiger partial charge < -0.3 is 5.32 Å². The average Bonchev–Trinajstić information content (AvgIpc) is 2.40. The molecule has 1 atom stereocenters. The molecule has 0 aromatic heterocycles. The first-order chi connectivity index (χ1) is 5.33. The largest absolute Gasteiger partial charge is 0.316 e. The van der Waals surface area contributed by atoms with Gasteiger partial charge in [-0.3, -0.25) is 4.79 Å². The topological polar surface area (TPSA) is 29.1 Å². The smallest absolute Gasteiger partial charge is 0.136 e. The second-order valence-corrected chi connectivity index (χ2v) is 3.09. The Morgan fingerprint density at radius 3 is 3.09 bits per heavy atom. The van der Waals surface area contributed by atoms with Crippen molar-refractivity contribution in [3.05, 3.63) is 12.7 Å². The van der Waals surface area contributed by atoms with Crippen molar-refractivity contribution >= 4 is 5.78 Å². The summed E-state index contributed by atoms with van der Waals surface area (Å²) < 4.78 is 0. The highest BCUT2D eigenvalue weighted by molar-refractivity contribution is 5.80. The van der Waals surface area contributed by atoms with Crippen molar-refractivity contribution in [1.29, 1.82) is 0 Å². The minimum atomic E-state index is 0.328. The molecule has 1 rings (SSSR count). The van der Waals surface area contributed by atoms with Crippen molar-refractivity contribution in [1.82, 2.24) is 5.32 Å². The molecule has 1 N–H and O–H groups in total. The van der Waals surface area contributed by atoms with E-state index < -0.39 is 0 Å². The average molecular weight is 153 g/mol. The highest BCUT2D eigenvalue weighted by atomic mass is 16.1. The van der Waals surface area contributed by atoms with Crippen LogP contribution in [0.4, 0.5) is 0 Å². The lowest BCUT2D eigenvalue weighted by Gasteiger charge is -2.04. The van der Waals surface area contributed by atoms with Crippen LogP contribution in [0.15, 0.2) is 12.7 Å². The third-order valence-corrected chi connectivity index (χ3v) is 2.05. The second-order valence-electron chi connectivity index (χ2n) is 3.09. The van der Waals surface area contributed by atoms with Crippen molar-refractivity contribution < 1.29 is 4.79 Å². The van der Waals surface area contributed by atoms with Gasteiger partial charge in [-0.2, -0.15) is 0 Å². The molecule has 0 bridgehead atoms. The zero-order valence-corrected chi connectivity index (χ0v) is 6.81. The molecule has 11 heavy (non-hydrogen) atoms. The van der Waals surface area contributed by atoms with Crippen LogP contribution < -0.4 is 5.32 Å². The van der Waals surface area contributed by atoms with Crippen LogP contribution in [0.2, 0.25) is 0 Å². The van der Waals surface area contributed by atoms with Gasteiger partial charge in [-0.05, 0) is 25.4 Å². The van der Waals surface area contributed by atoms with Crippen LogP contribution in [0, 0.1) is 5.92 Å². The molecule has 0 amide bonds. The van der Waals surface area contributed by atoms with Gasteiger partial charge in [-0.25, -0.2) is 0 Å². The molecule has 0 aromatic rings. The molecule has 2 heteroatoms. The van der Waals surface area contributed by atoms with Crippen LogP contribution in [0.25, 0.3) is 0 Å². The first-order valence-corrected chi connectivity index (χ1v) is 4.16. The van der Waals surface area contributed by atoms with Crippen molar-refractivity contribution in [3.8, 4) is 0 Å². The van der Waals surface area contributed by atoms with Gasteiger partial charge in [0.15, 0.2) is 0 Å². The SMILES string of the molecule is C=CCC(=O)CC1CCNC1. The molecule has 62 valence electrons. The molecule has 2 nitrogen and oxygen atoms in total. The Bertz CT molecular complexity index is 148. The Balaban J connectivity index is 2.18. The Morgan fingerprint density at radius 2 is 2.55 bits per heavy atom. The van der Waals surface area contributed by atoms with E-state index in [2.05, 4.69) is 11.9 Å². The van der Waals surface area contributed by atoms with Gasteiger partial charge in [0.25, 0.3) is 0 Å². The minimum absolute atomic E-state index is 0.328. The summed E-state index contributed by atoms with van der Waals surface area (Å²) in [6.07, 6.45) is 4.11. The second kappa shape index (κ2) is 4.29. The number of hydrogen-bond donors (Lipinski definition) is 1. The fourth-order valence-corrected chi connectivity index (χ4v) is 1.45. The summed E-state index contributed by atoms with van der Waals surface area (Å²) in [4.78, 5) is 11.1. The Kier molecular flexibility index (Phi) is 3.30. The van der Waals surface area contributed by atoms with Gasteiger partial charge in [0.2, 0.25) is 0 Å². The molecule has 0 aliphatic carbocycles. The van der Waals surface area contributed by atoms with E-state index in [1.165, 1.54) is 0 Å². The maximum absolute atomic E-state index is 11.1. The molecule has 1 saturated heterocycles. The van der Waals surface area contributed by atoms with Crippen LogP contribution in [-0.4, -0.2) is 18.9 Å². The molecule has 0 saturated carbocycles. The van der Waals surface area contributed by atoms with Gasteiger partial charge in [-0.15, -0.1) is 6.58 Å². The number of ketones is 1. The summed E-state index contributed by atoms with van der Waals surface area (Å²) in [5.41, 5.74) is 0. The van der Waals surface area contributed by atoms with Crippen molar-refractivity contribution in [2.45, 2.75) is 19.3 Å². The first-order valence-electron chi connectivity index (χ1n) is 4.16. The molecule has 1 aliphatic rings. The van der Waals surface area contributed by atoms with Crippen molar-refractivity contribution in [3.63, 3.8) is 0 Å². The van der Waals surface area contributed by atoms with Crippen molar-refractivity contribution in [2.75, 3.05) is 13.1 Å². The number of hydrogen-bond acceptors (Lipinski definition) is 2. The standard InChI is InChI=1S/C9H15NO/c1-2-3-9(11)6-8-4-5-10-7-8/h2,8,10H,1,3-7H2. The van der Waals surface area contributed by atoms with E-state index in [0.717, 1.165) is 25.9 Å². The Hall–Kier alpha value is -0.630. The van der Waals surface area contributed by atoms with E-state index in [1.54, 1.807) is 6.08 Å². The number of allylic oxidation sites excluding steroid dienone is 1. The fraction of sp³-hybridized carbons (Fsp3) is 0.667. The zero-order valence-electron chi connectivity index (χ0n) is 6.81. The third kappa shape index (κ3) is 2.85. The molecule has 0 aromatic carbocycles. The van der Waals surface area contributed by atoms with Crippen LogP contribution >= 0.6 is 0 Å². The normalized spacial score (nSPS) is 23.5. The van der Waals surface area contributed by atoms with E-state index in [0.29, 0.717) is 18.1 Å². The predicted molar refractivity (Wildman–Crippen MR) is 45.4 cm³/mol. The Labute approximate surface area is 67.7 Å². The summed E-state index contributed by atoms with van der Waals surface area (Å²) >= 11 is 0. The van der Waals surface area contributed by atoms with E-state index in [9.17, 15) is 4.79 Å².